The van der Waals surface area contributed by atoms with Crippen LogP contribution in [0.4, 0.5) is 40.8 Å². The third kappa shape index (κ3) is 8.75. The molecule has 0 spiro atoms. The second kappa shape index (κ2) is 14.4. The Bertz CT molecular complexity index is 1650. The Morgan fingerprint density at radius 2 is 1.81 bits per heavy atom. The summed E-state index contributed by atoms with van der Waals surface area (Å²) in [5.41, 5.74) is -0.464. The quantitative estimate of drug-likeness (QED) is 0.147. The maximum absolute atomic E-state index is 13.5. The molecule has 48 heavy (non-hydrogen) atoms. The van der Waals surface area contributed by atoms with Crippen LogP contribution in [0.3, 0.4) is 0 Å². The Hall–Kier alpha value is -4.37. The number of piperazine rings is 1. The van der Waals surface area contributed by atoms with Crippen molar-refractivity contribution in [2.45, 2.75) is 51.9 Å². The number of alkyl halides is 3. The van der Waals surface area contributed by atoms with Crippen molar-refractivity contribution in [2.75, 3.05) is 56.1 Å². The number of nitro groups is 1. The maximum Gasteiger partial charge on any atom is 0.423 e. The van der Waals surface area contributed by atoms with E-state index in [1.54, 1.807) is 21.9 Å². The molecule has 1 aromatic heterocycles. The van der Waals surface area contributed by atoms with Gasteiger partial charge in [0.2, 0.25) is 0 Å². The fourth-order valence-corrected chi connectivity index (χ4v) is 5.81. The van der Waals surface area contributed by atoms with Gasteiger partial charge in [0.15, 0.2) is 0 Å². The summed E-state index contributed by atoms with van der Waals surface area (Å²) in [5, 5.41) is 14.8. The topological polar surface area (TPSA) is 126 Å². The maximum atomic E-state index is 13.5. The third-order valence-corrected chi connectivity index (χ3v) is 8.24. The van der Waals surface area contributed by atoms with Gasteiger partial charge >= 0.3 is 12.3 Å². The van der Waals surface area contributed by atoms with Crippen LogP contribution in [0, 0.1) is 10.1 Å². The van der Waals surface area contributed by atoms with E-state index in [4.69, 9.17) is 21.1 Å². The van der Waals surface area contributed by atoms with Crippen LogP contribution in [-0.4, -0.2) is 82.3 Å². The van der Waals surface area contributed by atoms with Crippen LogP contribution in [0.2, 0.25) is 5.02 Å². The minimum absolute atomic E-state index is 0.203. The average Bonchev–Trinajstić information content (AvgIpc) is 3.02. The molecule has 12 nitrogen and oxygen atoms in total. The predicted molar refractivity (Wildman–Crippen MR) is 174 cm³/mol. The molecular formula is C32H37ClF3N7O5. The number of hydrogen-bond acceptors (Lipinski definition) is 10. The Morgan fingerprint density at radius 3 is 2.48 bits per heavy atom. The molecule has 2 aromatic carbocycles. The van der Waals surface area contributed by atoms with Gasteiger partial charge in [0.1, 0.15) is 29.1 Å². The van der Waals surface area contributed by atoms with E-state index in [0.29, 0.717) is 60.6 Å². The number of anilines is 3. The van der Waals surface area contributed by atoms with Crippen molar-refractivity contribution < 1.29 is 32.4 Å². The summed E-state index contributed by atoms with van der Waals surface area (Å²) in [5.74, 6) is 1.09. The Morgan fingerprint density at radius 1 is 1.06 bits per heavy atom. The summed E-state index contributed by atoms with van der Waals surface area (Å²) in [6.45, 7) is 10.2. The molecule has 0 unspecified atom stereocenters. The summed E-state index contributed by atoms with van der Waals surface area (Å²) >= 11 is 6.53. The third-order valence-electron chi connectivity index (χ3n) is 7.95. The van der Waals surface area contributed by atoms with E-state index in [9.17, 15) is 28.1 Å². The lowest BCUT2D eigenvalue weighted by atomic mass is 10.0. The zero-order valence-corrected chi connectivity index (χ0v) is 27.6. The average molecular weight is 692 g/mol. The summed E-state index contributed by atoms with van der Waals surface area (Å²) in [4.78, 5) is 36.8. The van der Waals surface area contributed by atoms with Crippen molar-refractivity contribution in [3.63, 3.8) is 0 Å². The molecule has 0 radical (unpaired) electrons. The molecule has 3 heterocycles. The molecule has 1 saturated heterocycles. The Kier molecular flexibility index (Phi) is 10.5. The number of ether oxygens (including phenoxy) is 2. The van der Waals surface area contributed by atoms with E-state index in [1.165, 1.54) is 12.4 Å². The van der Waals surface area contributed by atoms with Crippen molar-refractivity contribution in [3.8, 4) is 5.75 Å². The van der Waals surface area contributed by atoms with Gasteiger partial charge in [-0.25, -0.2) is 14.8 Å². The summed E-state index contributed by atoms with van der Waals surface area (Å²) in [6.07, 6.45) is -2.56. The number of benzene rings is 2. The number of halogens is 4. The minimum Gasteiger partial charge on any atom is -0.492 e. The van der Waals surface area contributed by atoms with Crippen molar-refractivity contribution >= 4 is 40.6 Å². The lowest BCUT2D eigenvalue weighted by molar-refractivity contribution is -0.388. The highest BCUT2D eigenvalue weighted by Gasteiger charge is 2.39. The van der Waals surface area contributed by atoms with Gasteiger partial charge in [0.25, 0.3) is 5.69 Å². The highest BCUT2D eigenvalue weighted by Crippen LogP contribution is 2.39. The number of rotatable bonds is 9. The van der Waals surface area contributed by atoms with Crippen LogP contribution in [0.15, 0.2) is 42.7 Å². The number of carbonyl (C=O) groups excluding carboxylic acids is 1. The van der Waals surface area contributed by atoms with E-state index in [2.05, 4.69) is 20.2 Å². The van der Waals surface area contributed by atoms with Crippen molar-refractivity contribution in [1.29, 1.82) is 0 Å². The van der Waals surface area contributed by atoms with Crippen LogP contribution in [-0.2, 0) is 23.9 Å². The van der Waals surface area contributed by atoms with Gasteiger partial charge in [0.05, 0.1) is 28.8 Å². The molecule has 16 heteroatoms. The first-order valence-electron chi connectivity index (χ1n) is 15.5. The van der Waals surface area contributed by atoms with E-state index in [1.807, 2.05) is 26.8 Å². The zero-order chi connectivity index (χ0) is 34.6. The van der Waals surface area contributed by atoms with Gasteiger partial charge in [-0.1, -0.05) is 11.6 Å². The molecule has 1 N–H and O–H groups in total. The van der Waals surface area contributed by atoms with Gasteiger partial charge in [-0.15, -0.1) is 0 Å². The molecule has 5 rings (SSSR count). The van der Waals surface area contributed by atoms with Crippen molar-refractivity contribution in [1.82, 2.24) is 19.8 Å². The molecule has 2 aliphatic heterocycles. The normalized spacial score (nSPS) is 15.6. The predicted octanol–water partition coefficient (Wildman–Crippen LogP) is 6.68. The first kappa shape index (κ1) is 35.0. The highest BCUT2D eigenvalue weighted by molar-refractivity contribution is 6.32. The lowest BCUT2D eigenvalue weighted by Gasteiger charge is -2.35. The summed E-state index contributed by atoms with van der Waals surface area (Å²) in [6, 6.07) is 8.33. The number of nitrogens with zero attached hydrogens (tertiary/aromatic N) is 6. The first-order valence-corrected chi connectivity index (χ1v) is 15.9. The second-order valence-electron chi connectivity index (χ2n) is 12.6. The zero-order valence-electron chi connectivity index (χ0n) is 26.8. The number of nitro benzene ring substituents is 1. The molecule has 1 fully saturated rings. The molecule has 258 valence electrons. The Labute approximate surface area is 280 Å². The standard InChI is InChI=1S/C32H37ClF3N7O5/c1-31(2,3)48-30(44)41-14-12-40(13-15-41)10-4-16-47-28-8-5-21(17-25(28)33)39-29-23-9-11-42(19-26(23)37-20-38-29)22-6-7-27(43(45)46)24(18-22)32(34,35)36/h5-8,17-18,20H,4,9-16,19H2,1-3H3,(H,37,38,39). The number of hydrogen-bond donors (Lipinski definition) is 1. The fraction of sp³-hybridized carbons (Fsp3) is 0.469. The highest BCUT2D eigenvalue weighted by atomic mass is 35.5. The molecule has 3 aromatic rings. The number of aromatic nitrogens is 2. The number of amides is 1. The molecule has 2 aliphatic rings. The van der Waals surface area contributed by atoms with Crippen LogP contribution in [0.5, 0.6) is 5.75 Å². The van der Waals surface area contributed by atoms with Crippen molar-refractivity contribution in [3.05, 3.63) is 74.7 Å². The summed E-state index contributed by atoms with van der Waals surface area (Å²) in [7, 11) is 0. The van der Waals surface area contributed by atoms with E-state index >= 15 is 0 Å². The largest absolute Gasteiger partial charge is 0.492 e. The van der Waals surface area contributed by atoms with E-state index in [-0.39, 0.29) is 18.3 Å². The van der Waals surface area contributed by atoms with Crippen LogP contribution in [0.25, 0.3) is 0 Å². The van der Waals surface area contributed by atoms with Gasteiger partial charge in [0, 0.05) is 62.3 Å². The van der Waals surface area contributed by atoms with Gasteiger partial charge < -0.3 is 24.6 Å². The second-order valence-corrected chi connectivity index (χ2v) is 13.0. The van der Waals surface area contributed by atoms with Crippen LogP contribution in [0.1, 0.15) is 44.0 Å². The van der Waals surface area contributed by atoms with Gasteiger partial charge in [-0.3, -0.25) is 15.0 Å². The molecular weight excluding hydrogens is 655 g/mol. The molecule has 0 aliphatic carbocycles. The van der Waals surface area contributed by atoms with Gasteiger partial charge in [-0.05, 0) is 63.9 Å². The first-order chi connectivity index (χ1) is 22.7. The fourth-order valence-electron chi connectivity index (χ4n) is 5.57. The number of carbonyl (C=O) groups is 1. The van der Waals surface area contributed by atoms with E-state index < -0.39 is 28.0 Å². The van der Waals surface area contributed by atoms with Crippen LogP contribution < -0.4 is 15.0 Å². The number of fused-ring (bicyclic) bond motifs is 1. The minimum atomic E-state index is -4.87. The number of nitrogens with one attached hydrogen (secondary N) is 1. The smallest absolute Gasteiger partial charge is 0.423 e. The lowest BCUT2D eigenvalue weighted by Crippen LogP contribution is -2.50. The van der Waals surface area contributed by atoms with Crippen molar-refractivity contribution in [2.24, 2.45) is 0 Å². The monoisotopic (exact) mass is 691 g/mol. The van der Waals surface area contributed by atoms with Crippen LogP contribution >= 0.6 is 11.6 Å². The molecule has 0 bridgehead atoms. The summed E-state index contributed by atoms with van der Waals surface area (Å²) < 4.78 is 52.0. The molecule has 1 amide bonds. The Balaban J connectivity index is 1.13. The SMILES string of the molecule is CC(C)(C)OC(=O)N1CCN(CCCOc2ccc(Nc3ncnc4c3CCN(c3ccc([N+](=O)[O-])c(C(F)(F)F)c3)C4)cc2Cl)CC1. The van der Waals surface area contributed by atoms with Gasteiger partial charge in [-0.2, -0.15) is 13.2 Å². The van der Waals surface area contributed by atoms with E-state index in [0.717, 1.165) is 43.8 Å². The molecule has 0 saturated carbocycles. The molecule has 0 atom stereocenters.